The molecule has 0 aromatic rings. The number of ether oxygens (including phenoxy) is 1. The Morgan fingerprint density at radius 3 is 2.10 bits per heavy atom. The molecule has 4 heteroatoms. The highest BCUT2D eigenvalue weighted by Gasteiger charge is 2.08. The van der Waals surface area contributed by atoms with Gasteiger partial charge in [-0.3, -0.25) is 4.79 Å². The van der Waals surface area contributed by atoms with E-state index < -0.39 is 6.10 Å². The van der Waals surface area contributed by atoms with Crippen LogP contribution in [0.4, 0.5) is 0 Å². The first kappa shape index (κ1) is 20.4. The van der Waals surface area contributed by atoms with Crippen LogP contribution in [0.15, 0.2) is 0 Å². The second kappa shape index (κ2) is 15.8. The number of aliphatic hydroxyl groups is 2. The summed E-state index contributed by atoms with van der Waals surface area (Å²) in [4.78, 5) is 11.4. The van der Waals surface area contributed by atoms with Crippen molar-refractivity contribution in [2.75, 3.05) is 13.2 Å². The molecule has 2 N–H and O–H groups in total. The standard InChI is InChI=1S/C17H34O4/c1-2-3-4-5-6-7-8-9-10-13-17(20)21-15-16(19)12-11-14-18/h16,18-19H,2-15H2,1H3. The van der Waals surface area contributed by atoms with Crippen molar-refractivity contribution in [2.24, 2.45) is 0 Å². The van der Waals surface area contributed by atoms with Crippen LogP contribution in [0.5, 0.6) is 0 Å². The average molecular weight is 302 g/mol. The molecule has 0 aromatic heterocycles. The van der Waals surface area contributed by atoms with Gasteiger partial charge in [-0.15, -0.1) is 0 Å². The zero-order chi connectivity index (χ0) is 15.8. The number of unbranched alkanes of at least 4 members (excludes halogenated alkanes) is 8. The number of rotatable bonds is 15. The summed E-state index contributed by atoms with van der Waals surface area (Å²) in [7, 11) is 0. The molecule has 126 valence electrons. The van der Waals surface area contributed by atoms with E-state index in [0.717, 1.165) is 12.8 Å². The predicted octanol–water partition coefficient (Wildman–Crippen LogP) is 3.58. The fourth-order valence-electron chi connectivity index (χ4n) is 2.25. The fourth-order valence-corrected chi connectivity index (χ4v) is 2.25. The van der Waals surface area contributed by atoms with E-state index >= 15 is 0 Å². The highest BCUT2D eigenvalue weighted by atomic mass is 16.5. The minimum Gasteiger partial charge on any atom is -0.463 e. The number of hydrogen-bond acceptors (Lipinski definition) is 4. The lowest BCUT2D eigenvalue weighted by Crippen LogP contribution is -2.18. The van der Waals surface area contributed by atoms with Gasteiger partial charge in [-0.2, -0.15) is 0 Å². The quantitative estimate of drug-likeness (QED) is 0.358. The molecule has 21 heavy (non-hydrogen) atoms. The normalized spacial score (nSPS) is 12.3. The van der Waals surface area contributed by atoms with Gasteiger partial charge < -0.3 is 14.9 Å². The van der Waals surface area contributed by atoms with Gasteiger partial charge in [0, 0.05) is 13.0 Å². The fraction of sp³-hybridized carbons (Fsp3) is 0.941. The van der Waals surface area contributed by atoms with Crippen molar-refractivity contribution in [3.63, 3.8) is 0 Å². The second-order valence-corrected chi connectivity index (χ2v) is 5.78. The summed E-state index contributed by atoms with van der Waals surface area (Å²) >= 11 is 0. The number of carbonyl (C=O) groups is 1. The van der Waals surface area contributed by atoms with Crippen molar-refractivity contribution >= 4 is 5.97 Å². The van der Waals surface area contributed by atoms with Crippen LogP contribution < -0.4 is 0 Å². The maximum absolute atomic E-state index is 11.4. The molecule has 0 aliphatic carbocycles. The van der Waals surface area contributed by atoms with Gasteiger partial charge in [-0.05, 0) is 19.3 Å². The molecule has 0 aliphatic heterocycles. The highest BCUT2D eigenvalue weighted by Crippen LogP contribution is 2.10. The van der Waals surface area contributed by atoms with Crippen LogP contribution in [-0.2, 0) is 9.53 Å². The minimum atomic E-state index is -0.649. The Kier molecular flexibility index (Phi) is 15.3. The van der Waals surface area contributed by atoms with Gasteiger partial charge in [0.1, 0.15) is 6.61 Å². The van der Waals surface area contributed by atoms with E-state index in [2.05, 4.69) is 6.92 Å². The van der Waals surface area contributed by atoms with Crippen molar-refractivity contribution < 1.29 is 19.7 Å². The van der Waals surface area contributed by atoms with Crippen LogP contribution in [0.1, 0.15) is 84.0 Å². The molecule has 0 aromatic carbocycles. The molecule has 1 unspecified atom stereocenters. The van der Waals surface area contributed by atoms with E-state index in [1.165, 1.54) is 44.9 Å². The lowest BCUT2D eigenvalue weighted by Gasteiger charge is -2.10. The summed E-state index contributed by atoms with van der Waals surface area (Å²) in [5.74, 6) is -0.221. The Hall–Kier alpha value is -0.610. The third-order valence-corrected chi connectivity index (χ3v) is 3.62. The monoisotopic (exact) mass is 302 g/mol. The number of hydrogen-bond donors (Lipinski definition) is 2. The molecule has 0 radical (unpaired) electrons. The summed E-state index contributed by atoms with van der Waals surface area (Å²) in [6.07, 6.45) is 11.8. The number of carbonyl (C=O) groups excluding carboxylic acids is 1. The molecule has 0 aliphatic rings. The lowest BCUT2D eigenvalue weighted by molar-refractivity contribution is -0.146. The van der Waals surface area contributed by atoms with Crippen LogP contribution in [0.25, 0.3) is 0 Å². The van der Waals surface area contributed by atoms with E-state index in [1.54, 1.807) is 0 Å². The number of aliphatic hydroxyl groups excluding tert-OH is 2. The molecule has 0 rings (SSSR count). The summed E-state index contributed by atoms with van der Waals surface area (Å²) in [5, 5.41) is 18.1. The van der Waals surface area contributed by atoms with Crippen LogP contribution in [0.2, 0.25) is 0 Å². The van der Waals surface area contributed by atoms with Gasteiger partial charge in [0.15, 0.2) is 0 Å². The van der Waals surface area contributed by atoms with E-state index in [9.17, 15) is 9.90 Å². The van der Waals surface area contributed by atoms with Gasteiger partial charge in [0.25, 0.3) is 0 Å². The molecule has 0 amide bonds. The van der Waals surface area contributed by atoms with Gasteiger partial charge in [0.2, 0.25) is 0 Å². The molecule has 1 atom stereocenters. The zero-order valence-corrected chi connectivity index (χ0v) is 13.7. The lowest BCUT2D eigenvalue weighted by atomic mass is 10.1. The van der Waals surface area contributed by atoms with Gasteiger partial charge in [-0.1, -0.05) is 58.3 Å². The Bertz CT molecular complexity index is 231. The zero-order valence-electron chi connectivity index (χ0n) is 13.7. The molecular weight excluding hydrogens is 268 g/mol. The SMILES string of the molecule is CCCCCCCCCCCC(=O)OCC(O)CCCO. The van der Waals surface area contributed by atoms with E-state index in [-0.39, 0.29) is 19.2 Å². The molecule has 0 bridgehead atoms. The molecule has 4 nitrogen and oxygen atoms in total. The third-order valence-electron chi connectivity index (χ3n) is 3.62. The van der Waals surface area contributed by atoms with Gasteiger partial charge in [0.05, 0.1) is 6.10 Å². The molecular formula is C17H34O4. The smallest absolute Gasteiger partial charge is 0.305 e. The molecule has 0 heterocycles. The first-order valence-electron chi connectivity index (χ1n) is 8.65. The minimum absolute atomic E-state index is 0.0518. The number of esters is 1. The first-order valence-corrected chi connectivity index (χ1v) is 8.65. The Labute approximate surface area is 129 Å². The third kappa shape index (κ3) is 15.6. The topological polar surface area (TPSA) is 66.8 Å². The van der Waals surface area contributed by atoms with Gasteiger partial charge >= 0.3 is 5.97 Å². The van der Waals surface area contributed by atoms with Crippen LogP contribution in [-0.4, -0.2) is 35.5 Å². The Balaban J connectivity index is 3.26. The van der Waals surface area contributed by atoms with Gasteiger partial charge in [-0.25, -0.2) is 0 Å². The van der Waals surface area contributed by atoms with Crippen LogP contribution >= 0.6 is 0 Å². The maximum atomic E-state index is 11.4. The molecule has 0 saturated heterocycles. The molecule has 0 saturated carbocycles. The average Bonchev–Trinajstić information content (AvgIpc) is 2.49. The van der Waals surface area contributed by atoms with Crippen LogP contribution in [0, 0.1) is 0 Å². The molecule has 0 spiro atoms. The van der Waals surface area contributed by atoms with Crippen molar-refractivity contribution in [1.29, 1.82) is 0 Å². The summed E-state index contributed by atoms with van der Waals surface area (Å²) in [6, 6.07) is 0. The van der Waals surface area contributed by atoms with E-state index in [0.29, 0.717) is 19.3 Å². The van der Waals surface area contributed by atoms with Crippen LogP contribution in [0.3, 0.4) is 0 Å². The summed E-state index contributed by atoms with van der Waals surface area (Å²) in [6.45, 7) is 2.34. The van der Waals surface area contributed by atoms with Crippen molar-refractivity contribution in [2.45, 2.75) is 90.1 Å². The summed E-state index contributed by atoms with van der Waals surface area (Å²) in [5.41, 5.74) is 0. The maximum Gasteiger partial charge on any atom is 0.305 e. The summed E-state index contributed by atoms with van der Waals surface area (Å²) < 4.78 is 5.00. The molecule has 0 fully saturated rings. The second-order valence-electron chi connectivity index (χ2n) is 5.78. The predicted molar refractivity (Wildman–Crippen MR) is 85.1 cm³/mol. The Morgan fingerprint density at radius 1 is 0.952 bits per heavy atom. The first-order chi connectivity index (χ1) is 10.2. The largest absolute Gasteiger partial charge is 0.463 e. The van der Waals surface area contributed by atoms with Crippen molar-refractivity contribution in [3.05, 3.63) is 0 Å². The Morgan fingerprint density at radius 2 is 1.52 bits per heavy atom. The van der Waals surface area contributed by atoms with E-state index in [1.807, 2.05) is 0 Å². The van der Waals surface area contributed by atoms with Crippen molar-refractivity contribution in [1.82, 2.24) is 0 Å². The van der Waals surface area contributed by atoms with E-state index in [4.69, 9.17) is 9.84 Å². The highest BCUT2D eigenvalue weighted by molar-refractivity contribution is 5.69. The van der Waals surface area contributed by atoms with Crippen molar-refractivity contribution in [3.8, 4) is 0 Å².